The Morgan fingerprint density at radius 3 is 2.61 bits per heavy atom. The highest BCUT2D eigenvalue weighted by Gasteiger charge is 2.24. The second-order valence-corrected chi connectivity index (χ2v) is 9.38. The van der Waals surface area contributed by atoms with Gasteiger partial charge in [-0.05, 0) is 53.9 Å². The lowest BCUT2D eigenvalue weighted by Crippen LogP contribution is -2.37. The molecule has 0 unspecified atom stereocenters. The Balaban J connectivity index is 1.52. The third-order valence-electron chi connectivity index (χ3n) is 7.02. The van der Waals surface area contributed by atoms with Gasteiger partial charge in [0.1, 0.15) is 11.5 Å². The molecule has 0 aliphatic carbocycles. The molecule has 1 aliphatic rings. The smallest absolute Gasteiger partial charge is 0.254 e. The van der Waals surface area contributed by atoms with Gasteiger partial charge in [0.25, 0.3) is 5.56 Å². The molecule has 184 valence electrons. The van der Waals surface area contributed by atoms with E-state index in [1.807, 2.05) is 41.0 Å². The van der Waals surface area contributed by atoms with Crippen LogP contribution in [-0.2, 0) is 32.5 Å². The summed E-state index contributed by atoms with van der Waals surface area (Å²) in [5, 5.41) is 10.5. The number of phenols is 1. The van der Waals surface area contributed by atoms with Gasteiger partial charge < -0.3 is 14.4 Å². The Morgan fingerprint density at radius 1 is 1.00 bits per heavy atom. The van der Waals surface area contributed by atoms with Gasteiger partial charge in [-0.1, -0.05) is 36.4 Å². The van der Waals surface area contributed by atoms with E-state index in [0.717, 1.165) is 46.6 Å². The molecule has 5 rings (SSSR count). The van der Waals surface area contributed by atoms with Gasteiger partial charge in [0.2, 0.25) is 0 Å². The number of fused-ring (bicyclic) bond motifs is 1. The molecule has 0 fully saturated rings. The lowest BCUT2D eigenvalue weighted by Gasteiger charge is -2.31. The van der Waals surface area contributed by atoms with Gasteiger partial charge in [0, 0.05) is 55.5 Å². The third kappa shape index (κ3) is 4.90. The van der Waals surface area contributed by atoms with E-state index in [2.05, 4.69) is 35.0 Å². The normalized spacial score (nSPS) is 13.4. The number of aromatic hydroxyl groups is 1. The minimum atomic E-state index is 0.0541. The number of phenolic OH excluding ortho intramolecular Hbond substituents is 1. The number of hydrogen-bond acceptors (Lipinski definition) is 5. The molecule has 0 atom stereocenters. The lowest BCUT2D eigenvalue weighted by atomic mass is 9.97. The molecule has 36 heavy (non-hydrogen) atoms. The standard InChI is InChI=1S/C30H31N3O3/c1-21-8-3-4-9-22(21)16-23-17-24-18-32(20-26-28(34)11-7-12-29(26)36-2)15-13-27(24)33(30(23)35)19-25-10-5-6-14-31-25/h3-12,14,17,34H,13,15-16,18-20H2,1-2H3. The first-order chi connectivity index (χ1) is 17.5. The van der Waals surface area contributed by atoms with Crippen molar-refractivity contribution in [1.29, 1.82) is 0 Å². The molecule has 0 amide bonds. The molecule has 6 nitrogen and oxygen atoms in total. The maximum Gasteiger partial charge on any atom is 0.254 e. The fourth-order valence-corrected chi connectivity index (χ4v) is 5.06. The predicted octanol–water partition coefficient (Wildman–Crippen LogP) is 4.46. The number of pyridine rings is 2. The first-order valence-corrected chi connectivity index (χ1v) is 12.3. The fraction of sp³-hybridized carbons (Fsp3) is 0.267. The Hall–Kier alpha value is -3.90. The highest BCUT2D eigenvalue weighted by atomic mass is 16.5. The van der Waals surface area contributed by atoms with E-state index < -0.39 is 0 Å². The largest absolute Gasteiger partial charge is 0.507 e. The van der Waals surface area contributed by atoms with Crippen LogP contribution in [0.4, 0.5) is 0 Å². The predicted molar refractivity (Wildman–Crippen MR) is 141 cm³/mol. The van der Waals surface area contributed by atoms with Crippen molar-refractivity contribution in [3.05, 3.63) is 122 Å². The zero-order valence-corrected chi connectivity index (χ0v) is 20.8. The zero-order valence-electron chi connectivity index (χ0n) is 20.8. The fourth-order valence-electron chi connectivity index (χ4n) is 5.06. The van der Waals surface area contributed by atoms with E-state index in [4.69, 9.17) is 4.74 Å². The van der Waals surface area contributed by atoms with Crippen molar-refractivity contribution in [2.24, 2.45) is 0 Å². The third-order valence-corrected chi connectivity index (χ3v) is 7.02. The van der Waals surface area contributed by atoms with Crippen molar-refractivity contribution in [1.82, 2.24) is 14.5 Å². The highest BCUT2D eigenvalue weighted by molar-refractivity contribution is 5.44. The minimum absolute atomic E-state index is 0.0541. The van der Waals surface area contributed by atoms with Crippen LogP contribution >= 0.6 is 0 Å². The van der Waals surface area contributed by atoms with E-state index in [1.165, 1.54) is 5.56 Å². The summed E-state index contributed by atoms with van der Waals surface area (Å²) in [5.41, 5.74) is 7.06. The van der Waals surface area contributed by atoms with Gasteiger partial charge in [-0.15, -0.1) is 0 Å². The summed E-state index contributed by atoms with van der Waals surface area (Å²) in [6.45, 7) is 4.58. The van der Waals surface area contributed by atoms with Crippen LogP contribution < -0.4 is 10.3 Å². The van der Waals surface area contributed by atoms with Crippen molar-refractivity contribution in [2.45, 2.75) is 39.4 Å². The molecule has 6 heteroatoms. The van der Waals surface area contributed by atoms with E-state index in [1.54, 1.807) is 25.4 Å². The molecule has 0 spiro atoms. The van der Waals surface area contributed by atoms with Crippen LogP contribution in [0.5, 0.6) is 11.5 Å². The molecule has 4 aromatic rings. The van der Waals surface area contributed by atoms with Crippen LogP contribution in [0.15, 0.2) is 77.7 Å². The molecule has 0 saturated carbocycles. The molecule has 2 aromatic carbocycles. The Labute approximate surface area is 211 Å². The highest BCUT2D eigenvalue weighted by Crippen LogP contribution is 2.31. The second-order valence-electron chi connectivity index (χ2n) is 9.38. The molecule has 1 N–H and O–H groups in total. The van der Waals surface area contributed by atoms with Crippen LogP contribution in [-0.4, -0.2) is 33.2 Å². The van der Waals surface area contributed by atoms with Crippen molar-refractivity contribution < 1.29 is 9.84 Å². The average molecular weight is 482 g/mol. The molecule has 0 radical (unpaired) electrons. The molecular formula is C30H31N3O3. The van der Waals surface area contributed by atoms with Crippen molar-refractivity contribution in [3.63, 3.8) is 0 Å². The Bertz CT molecular complexity index is 1430. The monoisotopic (exact) mass is 481 g/mol. The van der Waals surface area contributed by atoms with Gasteiger partial charge in [-0.2, -0.15) is 0 Å². The van der Waals surface area contributed by atoms with Crippen LogP contribution in [0, 0.1) is 6.92 Å². The van der Waals surface area contributed by atoms with Crippen molar-refractivity contribution in [3.8, 4) is 11.5 Å². The van der Waals surface area contributed by atoms with Crippen molar-refractivity contribution >= 4 is 0 Å². The maximum atomic E-state index is 13.7. The maximum absolute atomic E-state index is 13.7. The number of nitrogens with zero attached hydrogens (tertiary/aromatic N) is 3. The molecule has 0 saturated heterocycles. The lowest BCUT2D eigenvalue weighted by molar-refractivity contribution is 0.233. The van der Waals surface area contributed by atoms with Gasteiger partial charge in [0.05, 0.1) is 19.3 Å². The average Bonchev–Trinajstić information content (AvgIpc) is 2.89. The van der Waals surface area contributed by atoms with Crippen LogP contribution in [0.3, 0.4) is 0 Å². The molecule has 1 aliphatic heterocycles. The minimum Gasteiger partial charge on any atom is -0.507 e. The number of aromatic nitrogens is 2. The topological polar surface area (TPSA) is 67.6 Å². The van der Waals surface area contributed by atoms with E-state index >= 15 is 0 Å². The SMILES string of the molecule is COc1cccc(O)c1CN1CCc2c(cc(Cc3ccccc3C)c(=O)n2Cc2ccccn2)C1. The van der Waals surface area contributed by atoms with Crippen LogP contribution in [0.2, 0.25) is 0 Å². The molecule has 0 bridgehead atoms. The Kier molecular flexibility index (Phi) is 6.87. The number of aryl methyl sites for hydroxylation is 1. The van der Waals surface area contributed by atoms with Gasteiger partial charge in [-0.25, -0.2) is 0 Å². The quantitative estimate of drug-likeness (QED) is 0.422. The second kappa shape index (κ2) is 10.4. The molecule has 2 aromatic heterocycles. The number of benzene rings is 2. The summed E-state index contributed by atoms with van der Waals surface area (Å²) in [7, 11) is 1.62. The van der Waals surface area contributed by atoms with Crippen molar-refractivity contribution in [2.75, 3.05) is 13.7 Å². The van der Waals surface area contributed by atoms with Crippen LogP contribution in [0.1, 0.15) is 39.2 Å². The van der Waals surface area contributed by atoms with E-state index in [-0.39, 0.29) is 11.3 Å². The zero-order chi connectivity index (χ0) is 25.1. The first-order valence-electron chi connectivity index (χ1n) is 12.3. The summed E-state index contributed by atoms with van der Waals surface area (Å²) in [4.78, 5) is 20.5. The number of ether oxygens (including phenoxy) is 1. The van der Waals surface area contributed by atoms with E-state index in [9.17, 15) is 9.90 Å². The summed E-state index contributed by atoms with van der Waals surface area (Å²) >= 11 is 0. The number of hydrogen-bond donors (Lipinski definition) is 1. The van der Waals surface area contributed by atoms with Gasteiger partial charge in [-0.3, -0.25) is 14.7 Å². The number of rotatable bonds is 7. The summed E-state index contributed by atoms with van der Waals surface area (Å²) in [6, 6.07) is 21.5. The van der Waals surface area contributed by atoms with Gasteiger partial charge >= 0.3 is 0 Å². The summed E-state index contributed by atoms with van der Waals surface area (Å²) < 4.78 is 7.42. The first kappa shape index (κ1) is 23.8. The molecular weight excluding hydrogens is 450 g/mol. The summed E-state index contributed by atoms with van der Waals surface area (Å²) in [5.74, 6) is 0.918. The van der Waals surface area contributed by atoms with E-state index in [0.29, 0.717) is 31.8 Å². The van der Waals surface area contributed by atoms with Gasteiger partial charge in [0.15, 0.2) is 0 Å². The summed E-state index contributed by atoms with van der Waals surface area (Å²) in [6.07, 6.45) is 3.11. The number of methoxy groups -OCH3 is 1. The molecule has 3 heterocycles. The Morgan fingerprint density at radius 2 is 1.83 bits per heavy atom. The van der Waals surface area contributed by atoms with Crippen LogP contribution in [0.25, 0.3) is 0 Å².